The van der Waals surface area contributed by atoms with Crippen LogP contribution in [-0.2, 0) is 0 Å². The van der Waals surface area contributed by atoms with Gasteiger partial charge < -0.3 is 10.4 Å². The Balaban J connectivity index is 2.35. The zero-order valence-electron chi connectivity index (χ0n) is 6.64. The summed E-state index contributed by atoms with van der Waals surface area (Å²) < 4.78 is 0. The number of aliphatic hydroxyl groups is 1. The average Bonchev–Trinajstić information content (AvgIpc) is 2.13. The number of aliphatic hydroxyl groups excluding tert-OH is 1. The van der Waals surface area contributed by atoms with E-state index >= 15 is 0 Å². The van der Waals surface area contributed by atoms with Crippen LogP contribution < -0.4 is 5.32 Å². The van der Waals surface area contributed by atoms with E-state index in [0.717, 1.165) is 12.8 Å². The maximum atomic E-state index is 9.49. The van der Waals surface area contributed by atoms with Gasteiger partial charge in [0, 0.05) is 6.04 Å². The SMILES string of the molecule is CN[C@H]1CCCCC[C@@H]1O. The van der Waals surface area contributed by atoms with Crippen LogP contribution in [0.4, 0.5) is 0 Å². The summed E-state index contributed by atoms with van der Waals surface area (Å²) in [7, 11) is 1.93. The summed E-state index contributed by atoms with van der Waals surface area (Å²) in [6.45, 7) is 0. The van der Waals surface area contributed by atoms with Gasteiger partial charge in [0.25, 0.3) is 0 Å². The van der Waals surface area contributed by atoms with Crippen LogP contribution >= 0.6 is 0 Å². The highest BCUT2D eigenvalue weighted by Crippen LogP contribution is 2.17. The lowest BCUT2D eigenvalue weighted by Gasteiger charge is -2.18. The molecule has 0 radical (unpaired) electrons. The van der Waals surface area contributed by atoms with Gasteiger partial charge in [-0.05, 0) is 19.9 Å². The standard InChI is InChI=1S/C8H17NO/c1-9-7-5-3-2-4-6-8(7)10/h7-10H,2-6H2,1H3/t7-,8-/m0/s1. The Morgan fingerprint density at radius 2 is 1.90 bits per heavy atom. The van der Waals surface area contributed by atoms with E-state index in [9.17, 15) is 5.11 Å². The summed E-state index contributed by atoms with van der Waals surface area (Å²) >= 11 is 0. The number of hydrogen-bond acceptors (Lipinski definition) is 2. The lowest BCUT2D eigenvalue weighted by molar-refractivity contribution is 0.124. The van der Waals surface area contributed by atoms with Gasteiger partial charge in [0.05, 0.1) is 6.10 Å². The molecular formula is C8H17NO. The minimum atomic E-state index is -0.104. The van der Waals surface area contributed by atoms with Gasteiger partial charge in [-0.2, -0.15) is 0 Å². The summed E-state index contributed by atoms with van der Waals surface area (Å²) in [5, 5.41) is 12.6. The Kier molecular flexibility index (Phi) is 3.16. The van der Waals surface area contributed by atoms with Crippen LogP contribution in [0.2, 0.25) is 0 Å². The van der Waals surface area contributed by atoms with Crippen molar-refractivity contribution in [1.29, 1.82) is 0 Å². The van der Waals surface area contributed by atoms with Gasteiger partial charge in [-0.25, -0.2) is 0 Å². The molecule has 0 aromatic rings. The highest BCUT2D eigenvalue weighted by molar-refractivity contribution is 4.76. The van der Waals surface area contributed by atoms with Crippen LogP contribution in [-0.4, -0.2) is 24.3 Å². The molecule has 0 aromatic carbocycles. The van der Waals surface area contributed by atoms with Crippen LogP contribution in [0.15, 0.2) is 0 Å². The van der Waals surface area contributed by atoms with Crippen molar-refractivity contribution in [1.82, 2.24) is 5.32 Å². The highest BCUT2D eigenvalue weighted by Gasteiger charge is 2.18. The molecule has 0 unspecified atom stereocenters. The predicted molar refractivity (Wildman–Crippen MR) is 41.9 cm³/mol. The molecule has 0 saturated heterocycles. The van der Waals surface area contributed by atoms with E-state index in [1.165, 1.54) is 19.3 Å². The molecular weight excluding hydrogens is 126 g/mol. The molecule has 1 rings (SSSR count). The van der Waals surface area contributed by atoms with Gasteiger partial charge in [-0.1, -0.05) is 19.3 Å². The van der Waals surface area contributed by atoms with E-state index in [-0.39, 0.29) is 6.10 Å². The Morgan fingerprint density at radius 1 is 1.20 bits per heavy atom. The topological polar surface area (TPSA) is 32.3 Å². The highest BCUT2D eigenvalue weighted by atomic mass is 16.3. The maximum Gasteiger partial charge on any atom is 0.0693 e. The molecule has 2 atom stereocenters. The van der Waals surface area contributed by atoms with Crippen molar-refractivity contribution in [3.8, 4) is 0 Å². The fourth-order valence-corrected chi connectivity index (χ4v) is 1.62. The smallest absolute Gasteiger partial charge is 0.0693 e. The minimum Gasteiger partial charge on any atom is -0.392 e. The van der Waals surface area contributed by atoms with Gasteiger partial charge in [0.1, 0.15) is 0 Å². The minimum absolute atomic E-state index is 0.104. The summed E-state index contributed by atoms with van der Waals surface area (Å²) in [4.78, 5) is 0. The van der Waals surface area contributed by atoms with Gasteiger partial charge in [-0.3, -0.25) is 0 Å². The molecule has 1 aliphatic carbocycles. The molecule has 2 nitrogen and oxygen atoms in total. The van der Waals surface area contributed by atoms with Gasteiger partial charge >= 0.3 is 0 Å². The molecule has 2 heteroatoms. The average molecular weight is 143 g/mol. The third-order valence-corrected chi connectivity index (χ3v) is 2.35. The second kappa shape index (κ2) is 3.94. The third-order valence-electron chi connectivity index (χ3n) is 2.35. The molecule has 10 heavy (non-hydrogen) atoms. The van der Waals surface area contributed by atoms with Crippen LogP contribution in [0, 0.1) is 0 Å². The third kappa shape index (κ3) is 1.96. The first-order valence-electron chi connectivity index (χ1n) is 4.20. The van der Waals surface area contributed by atoms with Crippen molar-refractivity contribution >= 4 is 0 Å². The first-order valence-corrected chi connectivity index (χ1v) is 4.20. The van der Waals surface area contributed by atoms with Crippen molar-refractivity contribution in [2.75, 3.05) is 7.05 Å². The monoisotopic (exact) mass is 143 g/mol. The molecule has 60 valence electrons. The van der Waals surface area contributed by atoms with Crippen LogP contribution in [0.25, 0.3) is 0 Å². The Morgan fingerprint density at radius 3 is 2.60 bits per heavy atom. The lowest BCUT2D eigenvalue weighted by atomic mass is 10.1. The second-order valence-corrected chi connectivity index (χ2v) is 3.10. The molecule has 0 heterocycles. The summed E-state index contributed by atoms with van der Waals surface area (Å²) in [5.74, 6) is 0. The number of rotatable bonds is 1. The number of nitrogens with one attached hydrogen (secondary N) is 1. The molecule has 0 aliphatic heterocycles. The molecule has 0 aromatic heterocycles. The Bertz CT molecular complexity index is 95.3. The van der Waals surface area contributed by atoms with Crippen molar-refractivity contribution in [3.05, 3.63) is 0 Å². The fourth-order valence-electron chi connectivity index (χ4n) is 1.62. The molecule has 1 saturated carbocycles. The number of likely N-dealkylation sites (N-methyl/N-ethyl adjacent to an activating group) is 1. The first kappa shape index (κ1) is 8.02. The zero-order valence-corrected chi connectivity index (χ0v) is 6.64. The Labute approximate surface area is 62.6 Å². The molecule has 0 bridgehead atoms. The largest absolute Gasteiger partial charge is 0.392 e. The van der Waals surface area contributed by atoms with Gasteiger partial charge in [0.15, 0.2) is 0 Å². The maximum absolute atomic E-state index is 9.49. The summed E-state index contributed by atoms with van der Waals surface area (Å²) in [6.07, 6.45) is 5.76. The van der Waals surface area contributed by atoms with E-state index in [1.54, 1.807) is 0 Å². The van der Waals surface area contributed by atoms with Crippen LogP contribution in [0.3, 0.4) is 0 Å². The molecule has 1 fully saturated rings. The Hall–Kier alpha value is -0.0800. The van der Waals surface area contributed by atoms with Crippen molar-refractivity contribution in [2.24, 2.45) is 0 Å². The quantitative estimate of drug-likeness (QED) is 0.534. The van der Waals surface area contributed by atoms with Crippen LogP contribution in [0.1, 0.15) is 32.1 Å². The molecule has 1 aliphatic rings. The summed E-state index contributed by atoms with van der Waals surface area (Å²) in [6, 6.07) is 0.350. The van der Waals surface area contributed by atoms with E-state index in [2.05, 4.69) is 5.32 Å². The fraction of sp³-hybridized carbons (Fsp3) is 1.00. The molecule has 0 spiro atoms. The predicted octanol–water partition coefficient (Wildman–Crippen LogP) is 0.899. The van der Waals surface area contributed by atoms with Crippen LogP contribution in [0.5, 0.6) is 0 Å². The lowest BCUT2D eigenvalue weighted by Crippen LogP contribution is -2.36. The summed E-state index contributed by atoms with van der Waals surface area (Å²) in [5.41, 5.74) is 0. The molecule has 2 N–H and O–H groups in total. The van der Waals surface area contributed by atoms with E-state index < -0.39 is 0 Å². The van der Waals surface area contributed by atoms with Crippen molar-refractivity contribution in [2.45, 2.75) is 44.2 Å². The van der Waals surface area contributed by atoms with E-state index in [0.29, 0.717) is 6.04 Å². The molecule has 0 amide bonds. The van der Waals surface area contributed by atoms with Gasteiger partial charge in [-0.15, -0.1) is 0 Å². The van der Waals surface area contributed by atoms with Crippen molar-refractivity contribution in [3.63, 3.8) is 0 Å². The van der Waals surface area contributed by atoms with Crippen molar-refractivity contribution < 1.29 is 5.11 Å². The number of hydrogen-bond donors (Lipinski definition) is 2. The first-order chi connectivity index (χ1) is 4.84. The van der Waals surface area contributed by atoms with E-state index in [4.69, 9.17) is 0 Å². The zero-order chi connectivity index (χ0) is 7.40. The van der Waals surface area contributed by atoms with E-state index in [1.807, 2.05) is 7.05 Å². The normalized spacial score (nSPS) is 35.4. The van der Waals surface area contributed by atoms with Gasteiger partial charge in [0.2, 0.25) is 0 Å². The second-order valence-electron chi connectivity index (χ2n) is 3.10.